The van der Waals surface area contributed by atoms with E-state index in [2.05, 4.69) is 19.1 Å². The molecule has 0 saturated heterocycles. The maximum absolute atomic E-state index is 11.6. The third kappa shape index (κ3) is 6.32. The average Bonchev–Trinajstić information content (AvgIpc) is 3.18. The summed E-state index contributed by atoms with van der Waals surface area (Å²) in [4.78, 5) is 11.6. The van der Waals surface area contributed by atoms with Crippen LogP contribution in [0.4, 0.5) is 0 Å². The Morgan fingerprint density at radius 2 is 1.94 bits per heavy atom. The van der Waals surface area contributed by atoms with Crippen LogP contribution in [0.3, 0.4) is 0 Å². The Labute approximate surface area is 182 Å². The summed E-state index contributed by atoms with van der Waals surface area (Å²) in [6.45, 7) is 10.4. The molecule has 166 valence electrons. The van der Waals surface area contributed by atoms with Gasteiger partial charge in [-0.1, -0.05) is 17.7 Å². The predicted octanol–water partition coefficient (Wildman–Crippen LogP) is 5.64. The normalized spacial score (nSPS) is 13.0. The van der Waals surface area contributed by atoms with Gasteiger partial charge in [0, 0.05) is 18.7 Å². The third-order valence-electron chi connectivity index (χ3n) is 4.83. The minimum Gasteiger partial charge on any atom is -0.488 e. The van der Waals surface area contributed by atoms with Gasteiger partial charge >= 0.3 is 5.63 Å². The molecule has 3 rings (SSSR count). The van der Waals surface area contributed by atoms with Gasteiger partial charge in [0.05, 0.1) is 35.9 Å². The van der Waals surface area contributed by atoms with E-state index < -0.39 is 5.63 Å². The minimum absolute atomic E-state index is 0.340. The molecule has 3 aromatic rings. The van der Waals surface area contributed by atoms with Crippen molar-refractivity contribution in [3.63, 3.8) is 0 Å². The van der Waals surface area contributed by atoms with Gasteiger partial charge in [-0.2, -0.15) is 0 Å². The fourth-order valence-electron chi connectivity index (χ4n) is 3.20. The first kappa shape index (κ1) is 22.8. The highest BCUT2D eigenvalue weighted by molar-refractivity contribution is 6.01. The second kappa shape index (κ2) is 10.5. The zero-order valence-electron chi connectivity index (χ0n) is 18.6. The second-order valence-electron chi connectivity index (χ2n) is 7.82. The standard InChI is InChI=1S/C25H30O6/c1-5-27-15-16-30-25(3,4)12-6-7-18(2)10-13-29-24-19-8-9-23(26)31-22(19)17-21-20(24)11-14-28-21/h6,8-12,14,17H,5,7,13,15-16H2,1-4H3. The molecule has 0 saturated carbocycles. The van der Waals surface area contributed by atoms with Crippen LogP contribution < -0.4 is 10.4 Å². The van der Waals surface area contributed by atoms with E-state index in [0.29, 0.717) is 43.3 Å². The van der Waals surface area contributed by atoms with Gasteiger partial charge in [0.2, 0.25) is 0 Å². The van der Waals surface area contributed by atoms with Crippen LogP contribution in [-0.4, -0.2) is 32.0 Å². The van der Waals surface area contributed by atoms with Crippen molar-refractivity contribution in [3.05, 3.63) is 64.7 Å². The zero-order valence-corrected chi connectivity index (χ0v) is 18.6. The molecule has 1 aromatic carbocycles. The lowest BCUT2D eigenvalue weighted by molar-refractivity contribution is -0.0166. The monoisotopic (exact) mass is 426 g/mol. The first-order valence-electron chi connectivity index (χ1n) is 10.5. The molecule has 0 amide bonds. The summed E-state index contributed by atoms with van der Waals surface area (Å²) >= 11 is 0. The number of rotatable bonds is 11. The lowest BCUT2D eigenvalue weighted by atomic mass is 10.1. The summed E-state index contributed by atoms with van der Waals surface area (Å²) in [6.07, 6.45) is 8.61. The third-order valence-corrected chi connectivity index (χ3v) is 4.83. The maximum Gasteiger partial charge on any atom is 0.336 e. The van der Waals surface area contributed by atoms with E-state index in [1.807, 2.05) is 32.9 Å². The fraction of sp³-hybridized carbons (Fsp3) is 0.400. The molecular weight excluding hydrogens is 396 g/mol. The van der Waals surface area contributed by atoms with Crippen LogP contribution in [-0.2, 0) is 9.47 Å². The predicted molar refractivity (Wildman–Crippen MR) is 122 cm³/mol. The summed E-state index contributed by atoms with van der Waals surface area (Å²) < 4.78 is 28.0. The maximum atomic E-state index is 11.6. The number of benzene rings is 1. The minimum atomic E-state index is -0.406. The van der Waals surface area contributed by atoms with Gasteiger partial charge in [-0.25, -0.2) is 4.79 Å². The van der Waals surface area contributed by atoms with Crippen molar-refractivity contribution in [2.24, 2.45) is 0 Å². The highest BCUT2D eigenvalue weighted by Crippen LogP contribution is 2.35. The summed E-state index contributed by atoms with van der Waals surface area (Å²) in [6, 6.07) is 6.67. The van der Waals surface area contributed by atoms with Crippen molar-refractivity contribution < 1.29 is 23.0 Å². The van der Waals surface area contributed by atoms with Crippen molar-refractivity contribution in [1.82, 2.24) is 0 Å². The molecule has 0 unspecified atom stereocenters. The summed E-state index contributed by atoms with van der Waals surface area (Å²) in [7, 11) is 0. The molecule has 0 fully saturated rings. The molecule has 0 radical (unpaired) electrons. The molecular formula is C25H30O6. The van der Waals surface area contributed by atoms with Crippen LogP contribution in [0.25, 0.3) is 21.9 Å². The lowest BCUT2D eigenvalue weighted by Crippen LogP contribution is -2.23. The highest BCUT2D eigenvalue weighted by atomic mass is 16.5. The molecule has 0 bridgehead atoms. The van der Waals surface area contributed by atoms with Gasteiger partial charge in [0.15, 0.2) is 0 Å². The number of ether oxygens (including phenoxy) is 3. The Morgan fingerprint density at radius 3 is 2.74 bits per heavy atom. The molecule has 2 heterocycles. The Balaban J connectivity index is 1.61. The topological polar surface area (TPSA) is 71.0 Å². The van der Waals surface area contributed by atoms with E-state index in [1.165, 1.54) is 11.6 Å². The molecule has 0 atom stereocenters. The van der Waals surface area contributed by atoms with Crippen LogP contribution in [0.1, 0.15) is 34.1 Å². The fourth-order valence-corrected chi connectivity index (χ4v) is 3.20. The molecule has 0 spiro atoms. The van der Waals surface area contributed by atoms with Gasteiger partial charge in [-0.15, -0.1) is 0 Å². The van der Waals surface area contributed by atoms with E-state index in [9.17, 15) is 4.79 Å². The van der Waals surface area contributed by atoms with Gasteiger partial charge in [-0.3, -0.25) is 0 Å². The zero-order chi connectivity index (χ0) is 22.3. The first-order valence-corrected chi connectivity index (χ1v) is 10.5. The quantitative estimate of drug-likeness (QED) is 0.224. The molecule has 0 aliphatic heterocycles. The Bertz CT molecular complexity index is 1120. The highest BCUT2D eigenvalue weighted by Gasteiger charge is 2.14. The van der Waals surface area contributed by atoms with Gasteiger partial charge in [0.1, 0.15) is 23.5 Å². The van der Waals surface area contributed by atoms with Crippen molar-refractivity contribution in [3.8, 4) is 5.75 Å². The summed E-state index contributed by atoms with van der Waals surface area (Å²) in [5.74, 6) is 0.647. The van der Waals surface area contributed by atoms with Crippen LogP contribution in [0.2, 0.25) is 0 Å². The molecule has 0 N–H and O–H groups in total. The number of hydrogen-bond acceptors (Lipinski definition) is 6. The van der Waals surface area contributed by atoms with Crippen molar-refractivity contribution in [1.29, 1.82) is 0 Å². The van der Waals surface area contributed by atoms with Gasteiger partial charge in [0.25, 0.3) is 0 Å². The SMILES string of the molecule is CCOCCOC(C)(C)C=CCC(C)=CCOc1c2ccoc2cc2oc(=O)ccc12. The molecule has 2 aromatic heterocycles. The van der Waals surface area contributed by atoms with Crippen molar-refractivity contribution >= 4 is 21.9 Å². The van der Waals surface area contributed by atoms with Crippen LogP contribution in [0.15, 0.2) is 68.0 Å². The Morgan fingerprint density at radius 1 is 1.13 bits per heavy atom. The van der Waals surface area contributed by atoms with E-state index in [0.717, 1.165) is 17.2 Å². The lowest BCUT2D eigenvalue weighted by Gasteiger charge is -2.21. The van der Waals surface area contributed by atoms with Gasteiger partial charge in [-0.05, 0) is 52.3 Å². The number of hydrogen-bond donors (Lipinski definition) is 0. The second-order valence-corrected chi connectivity index (χ2v) is 7.82. The summed E-state index contributed by atoms with van der Waals surface area (Å²) in [5, 5.41) is 1.59. The number of allylic oxidation sites excluding steroid dienone is 2. The first-order chi connectivity index (χ1) is 14.9. The van der Waals surface area contributed by atoms with E-state index in [4.69, 9.17) is 23.0 Å². The average molecular weight is 427 g/mol. The van der Waals surface area contributed by atoms with Gasteiger partial charge < -0.3 is 23.0 Å². The van der Waals surface area contributed by atoms with Crippen LogP contribution in [0.5, 0.6) is 5.75 Å². The number of fused-ring (bicyclic) bond motifs is 2. The molecule has 6 nitrogen and oxygen atoms in total. The smallest absolute Gasteiger partial charge is 0.336 e. The van der Waals surface area contributed by atoms with E-state index in [1.54, 1.807) is 18.4 Å². The van der Waals surface area contributed by atoms with Crippen molar-refractivity contribution in [2.45, 2.75) is 39.7 Å². The molecule has 0 aliphatic rings. The molecule has 6 heteroatoms. The van der Waals surface area contributed by atoms with E-state index >= 15 is 0 Å². The largest absolute Gasteiger partial charge is 0.488 e. The Kier molecular flexibility index (Phi) is 7.71. The Hall–Kier alpha value is -2.83. The molecule has 0 aliphatic carbocycles. The summed E-state index contributed by atoms with van der Waals surface area (Å²) in [5.41, 5.74) is 1.49. The molecule has 31 heavy (non-hydrogen) atoms. The van der Waals surface area contributed by atoms with Crippen LogP contribution in [0, 0.1) is 0 Å². The van der Waals surface area contributed by atoms with Crippen molar-refractivity contribution in [2.75, 3.05) is 26.4 Å². The number of furan rings is 1. The van der Waals surface area contributed by atoms with Crippen LogP contribution >= 0.6 is 0 Å². The van der Waals surface area contributed by atoms with E-state index in [-0.39, 0.29) is 5.60 Å².